The summed E-state index contributed by atoms with van der Waals surface area (Å²) in [5.74, 6) is 0.497. The molecule has 5 nitrogen and oxygen atoms in total. The Balaban J connectivity index is 1.52. The van der Waals surface area contributed by atoms with Crippen molar-refractivity contribution in [2.45, 2.75) is 25.2 Å². The van der Waals surface area contributed by atoms with Gasteiger partial charge in [-0.3, -0.25) is 0 Å². The van der Waals surface area contributed by atoms with E-state index >= 15 is 0 Å². The van der Waals surface area contributed by atoms with Crippen molar-refractivity contribution in [1.29, 1.82) is 5.26 Å². The fourth-order valence-electron chi connectivity index (χ4n) is 4.32. The van der Waals surface area contributed by atoms with E-state index < -0.39 is 0 Å². The Hall–Kier alpha value is -4.04. The first-order valence-corrected chi connectivity index (χ1v) is 10.6. The van der Waals surface area contributed by atoms with Crippen molar-refractivity contribution in [3.63, 3.8) is 0 Å². The average molecular weight is 401 g/mol. The molecule has 0 radical (unpaired) electrons. The van der Waals surface area contributed by atoms with Crippen molar-refractivity contribution in [2.24, 2.45) is 0 Å². The maximum Gasteiger partial charge on any atom is 0.173 e. The fourth-order valence-corrected chi connectivity index (χ4v) is 4.32. The second-order valence-corrected chi connectivity index (χ2v) is 8.04. The minimum absolute atomic E-state index is 0.497. The number of benzene rings is 2. The molecule has 0 atom stereocenters. The summed E-state index contributed by atoms with van der Waals surface area (Å²) in [6, 6.07) is 24.7. The summed E-state index contributed by atoms with van der Waals surface area (Å²) in [7, 11) is 0. The second kappa shape index (κ2) is 7.03. The summed E-state index contributed by atoms with van der Waals surface area (Å²) in [5, 5.41) is 15.8. The van der Waals surface area contributed by atoms with Crippen molar-refractivity contribution in [2.75, 3.05) is 0 Å². The molecule has 3 heterocycles. The fraction of sp³-hybridized carbons (Fsp3) is 0.154. The number of nitriles is 1. The van der Waals surface area contributed by atoms with Crippen LogP contribution in [-0.2, 0) is 0 Å². The molecular weight excluding hydrogens is 382 g/mol. The highest BCUT2D eigenvalue weighted by atomic mass is 15.3. The third-order valence-electron chi connectivity index (χ3n) is 6.22. The molecule has 0 amide bonds. The SMILES string of the molecule is N#Cc1c(-c2ccc3ccc(-c4ccccc4)nc3c2)nn2c(C3CCC3)ccnc12. The maximum atomic E-state index is 9.91. The van der Waals surface area contributed by atoms with Crippen LogP contribution in [0.1, 0.15) is 36.4 Å². The molecule has 1 aliphatic rings. The van der Waals surface area contributed by atoms with Crippen LogP contribution in [0.4, 0.5) is 0 Å². The lowest BCUT2D eigenvalue weighted by molar-refractivity contribution is 0.404. The second-order valence-electron chi connectivity index (χ2n) is 8.04. The third kappa shape index (κ3) is 2.88. The van der Waals surface area contributed by atoms with E-state index in [-0.39, 0.29) is 0 Å². The summed E-state index contributed by atoms with van der Waals surface area (Å²) >= 11 is 0. The van der Waals surface area contributed by atoms with Crippen LogP contribution in [0.3, 0.4) is 0 Å². The standard InChI is InChI=1S/C26H19N5/c27-16-21-25(30-31-24(19-7-4-8-19)13-14-28-26(21)31)20-10-9-18-11-12-22(29-23(18)15-20)17-5-2-1-3-6-17/h1-3,5-6,9-15,19H,4,7-8H2. The van der Waals surface area contributed by atoms with Gasteiger partial charge < -0.3 is 0 Å². The lowest BCUT2D eigenvalue weighted by atomic mass is 9.83. The molecule has 0 spiro atoms. The van der Waals surface area contributed by atoms with Gasteiger partial charge in [-0.1, -0.05) is 55.0 Å². The Bertz CT molecular complexity index is 1470. The Kier molecular flexibility index (Phi) is 4.03. The molecule has 0 aliphatic heterocycles. The summed E-state index contributed by atoms with van der Waals surface area (Å²) in [4.78, 5) is 9.35. The number of nitrogens with zero attached hydrogens (tertiary/aromatic N) is 5. The molecule has 0 bridgehead atoms. The van der Waals surface area contributed by atoms with Gasteiger partial charge in [-0.05, 0) is 31.0 Å². The molecule has 1 fully saturated rings. The summed E-state index contributed by atoms with van der Waals surface area (Å²) in [6.07, 6.45) is 5.37. The smallest absolute Gasteiger partial charge is 0.173 e. The van der Waals surface area contributed by atoms with E-state index in [1.165, 1.54) is 19.3 Å². The molecule has 0 saturated heterocycles. The van der Waals surface area contributed by atoms with Gasteiger partial charge in [-0.25, -0.2) is 14.5 Å². The molecule has 6 rings (SSSR count). The lowest BCUT2D eigenvalue weighted by Gasteiger charge is -2.25. The van der Waals surface area contributed by atoms with Gasteiger partial charge >= 0.3 is 0 Å². The Morgan fingerprint density at radius 3 is 2.55 bits per heavy atom. The van der Waals surface area contributed by atoms with E-state index in [9.17, 15) is 5.26 Å². The van der Waals surface area contributed by atoms with Gasteiger partial charge in [0.1, 0.15) is 17.3 Å². The highest BCUT2D eigenvalue weighted by Gasteiger charge is 2.25. The number of fused-ring (bicyclic) bond motifs is 2. The van der Waals surface area contributed by atoms with Crippen molar-refractivity contribution in [3.8, 4) is 28.6 Å². The average Bonchev–Trinajstić information content (AvgIpc) is 3.17. The van der Waals surface area contributed by atoms with Gasteiger partial charge in [0.25, 0.3) is 0 Å². The van der Waals surface area contributed by atoms with Crippen LogP contribution >= 0.6 is 0 Å². The molecule has 0 unspecified atom stereocenters. The highest BCUT2D eigenvalue weighted by Crippen LogP contribution is 2.37. The lowest BCUT2D eigenvalue weighted by Crippen LogP contribution is -2.13. The van der Waals surface area contributed by atoms with Crippen molar-refractivity contribution in [3.05, 3.63) is 84.2 Å². The minimum Gasteiger partial charge on any atom is -0.248 e. The predicted molar refractivity (Wildman–Crippen MR) is 120 cm³/mol. The van der Waals surface area contributed by atoms with Gasteiger partial charge in [0, 0.05) is 34.3 Å². The molecule has 5 aromatic rings. The molecule has 5 heteroatoms. The van der Waals surface area contributed by atoms with Gasteiger partial charge in [0.15, 0.2) is 5.65 Å². The zero-order chi connectivity index (χ0) is 20.8. The van der Waals surface area contributed by atoms with Crippen LogP contribution in [-0.4, -0.2) is 19.6 Å². The predicted octanol–water partition coefficient (Wildman–Crippen LogP) is 5.75. The third-order valence-corrected chi connectivity index (χ3v) is 6.22. The van der Waals surface area contributed by atoms with E-state index in [0.717, 1.165) is 33.4 Å². The van der Waals surface area contributed by atoms with Crippen molar-refractivity contribution < 1.29 is 0 Å². The largest absolute Gasteiger partial charge is 0.248 e. The first kappa shape index (κ1) is 17.8. The van der Waals surface area contributed by atoms with Crippen LogP contribution in [0.2, 0.25) is 0 Å². The summed E-state index contributed by atoms with van der Waals surface area (Å²) in [5.41, 5.74) is 6.72. The van der Waals surface area contributed by atoms with Crippen LogP contribution in [0.5, 0.6) is 0 Å². The Morgan fingerprint density at radius 2 is 1.77 bits per heavy atom. The zero-order valence-corrected chi connectivity index (χ0v) is 16.9. The summed E-state index contributed by atoms with van der Waals surface area (Å²) in [6.45, 7) is 0. The molecule has 1 saturated carbocycles. The van der Waals surface area contributed by atoms with E-state index in [4.69, 9.17) is 10.1 Å². The van der Waals surface area contributed by atoms with Crippen LogP contribution in [0.25, 0.3) is 39.1 Å². The molecule has 0 N–H and O–H groups in total. The Labute approximate surface area is 179 Å². The first-order valence-electron chi connectivity index (χ1n) is 10.6. The van der Waals surface area contributed by atoms with Gasteiger partial charge in [-0.2, -0.15) is 10.4 Å². The van der Waals surface area contributed by atoms with Crippen LogP contribution < -0.4 is 0 Å². The highest BCUT2D eigenvalue weighted by molar-refractivity contribution is 5.87. The van der Waals surface area contributed by atoms with Gasteiger partial charge in [-0.15, -0.1) is 0 Å². The van der Waals surface area contributed by atoms with E-state index in [1.807, 2.05) is 53.0 Å². The molecule has 3 aromatic heterocycles. The quantitative estimate of drug-likeness (QED) is 0.386. The molecule has 2 aromatic carbocycles. The van der Waals surface area contributed by atoms with Gasteiger partial charge in [0.05, 0.1) is 11.2 Å². The molecular formula is C26H19N5. The van der Waals surface area contributed by atoms with E-state index in [2.05, 4.69) is 29.3 Å². The normalized spacial score (nSPS) is 13.9. The number of aromatic nitrogens is 4. The first-order chi connectivity index (χ1) is 15.3. The number of hydrogen-bond donors (Lipinski definition) is 0. The maximum absolute atomic E-state index is 9.91. The zero-order valence-electron chi connectivity index (χ0n) is 16.9. The molecule has 148 valence electrons. The number of hydrogen-bond acceptors (Lipinski definition) is 4. The van der Waals surface area contributed by atoms with Crippen LogP contribution in [0.15, 0.2) is 72.9 Å². The van der Waals surface area contributed by atoms with Crippen molar-refractivity contribution >= 4 is 16.6 Å². The van der Waals surface area contributed by atoms with Crippen LogP contribution in [0, 0.1) is 11.3 Å². The monoisotopic (exact) mass is 401 g/mol. The van der Waals surface area contributed by atoms with E-state index in [1.54, 1.807) is 6.20 Å². The topological polar surface area (TPSA) is 66.9 Å². The Morgan fingerprint density at radius 1 is 0.935 bits per heavy atom. The molecule has 1 aliphatic carbocycles. The molecule has 31 heavy (non-hydrogen) atoms. The summed E-state index contributed by atoms with van der Waals surface area (Å²) < 4.78 is 1.87. The number of rotatable bonds is 3. The van der Waals surface area contributed by atoms with E-state index in [0.29, 0.717) is 22.8 Å². The number of pyridine rings is 1. The minimum atomic E-state index is 0.497. The van der Waals surface area contributed by atoms with Gasteiger partial charge in [0.2, 0.25) is 0 Å². The van der Waals surface area contributed by atoms with Crippen molar-refractivity contribution in [1.82, 2.24) is 19.6 Å².